The molecule has 2 saturated heterocycles. The Labute approximate surface area is 162 Å². The average Bonchev–Trinajstić information content (AvgIpc) is 2.78. The first kappa shape index (κ1) is 16.2. The van der Waals surface area contributed by atoms with Gasteiger partial charge in [-0.2, -0.15) is 0 Å². The van der Waals surface area contributed by atoms with E-state index in [-0.39, 0.29) is 0 Å². The number of hydrogen-bond donors (Lipinski definition) is 0. The maximum atomic E-state index is 5.58. The van der Waals surface area contributed by atoms with Gasteiger partial charge in [-0.3, -0.25) is 0 Å². The van der Waals surface area contributed by atoms with Gasteiger partial charge in [0.2, 0.25) is 0 Å². The number of anilines is 2. The second kappa shape index (κ2) is 6.39. The summed E-state index contributed by atoms with van der Waals surface area (Å²) < 4.78 is 11.2. The van der Waals surface area contributed by atoms with E-state index in [1.54, 1.807) is 6.33 Å². The van der Waals surface area contributed by atoms with E-state index in [4.69, 9.17) is 14.5 Å². The maximum Gasteiger partial charge on any atom is 0.139 e. The predicted molar refractivity (Wildman–Crippen MR) is 110 cm³/mol. The van der Waals surface area contributed by atoms with Gasteiger partial charge in [0, 0.05) is 47.7 Å². The number of benzene rings is 2. The van der Waals surface area contributed by atoms with Crippen LogP contribution in [0.5, 0.6) is 0 Å². The van der Waals surface area contributed by atoms with Crippen molar-refractivity contribution >= 4 is 44.2 Å². The number of ether oxygens (including phenoxy) is 2. The molecule has 0 N–H and O–H groups in total. The van der Waals surface area contributed by atoms with Gasteiger partial charge in [0.15, 0.2) is 0 Å². The summed E-state index contributed by atoms with van der Waals surface area (Å²) in [5.41, 5.74) is 1.96. The molecule has 7 heteroatoms. The zero-order valence-corrected chi connectivity index (χ0v) is 15.6. The van der Waals surface area contributed by atoms with E-state index < -0.39 is 0 Å². The Balaban J connectivity index is 1.69. The topological polar surface area (TPSA) is 63.6 Å². The lowest BCUT2D eigenvalue weighted by Gasteiger charge is -2.33. The van der Waals surface area contributed by atoms with Crippen molar-refractivity contribution in [2.45, 2.75) is 0 Å². The molecule has 0 bridgehead atoms. The summed E-state index contributed by atoms with van der Waals surface area (Å²) in [6.07, 6.45) is 1.64. The van der Waals surface area contributed by atoms with Crippen molar-refractivity contribution in [2.24, 2.45) is 0 Å². The Morgan fingerprint density at radius 2 is 1.14 bits per heavy atom. The molecule has 4 aromatic rings. The first-order chi connectivity index (χ1) is 13.9. The number of nitrogens with zero attached hydrogens (tertiary/aromatic N) is 5. The first-order valence-electron chi connectivity index (χ1n) is 9.85. The molecule has 142 valence electrons. The van der Waals surface area contributed by atoms with E-state index in [9.17, 15) is 0 Å². The van der Waals surface area contributed by atoms with Crippen LogP contribution in [0.3, 0.4) is 0 Å². The van der Waals surface area contributed by atoms with Gasteiger partial charge >= 0.3 is 0 Å². The molecule has 2 fully saturated rings. The van der Waals surface area contributed by atoms with Gasteiger partial charge in [0.05, 0.1) is 37.5 Å². The van der Waals surface area contributed by atoms with Crippen molar-refractivity contribution in [1.29, 1.82) is 0 Å². The Morgan fingerprint density at radius 3 is 1.64 bits per heavy atom. The molecule has 2 aliphatic heterocycles. The smallest absolute Gasteiger partial charge is 0.139 e. The van der Waals surface area contributed by atoms with Crippen molar-refractivity contribution in [3.8, 4) is 0 Å². The molecule has 4 heterocycles. The summed E-state index contributed by atoms with van der Waals surface area (Å²) in [6.45, 7) is 6.37. The number of hydrogen-bond acceptors (Lipinski definition) is 7. The van der Waals surface area contributed by atoms with Gasteiger partial charge in [0.1, 0.15) is 18.0 Å². The molecule has 0 amide bonds. The summed E-state index contributed by atoms with van der Waals surface area (Å²) in [4.78, 5) is 18.9. The summed E-state index contributed by atoms with van der Waals surface area (Å²) in [5, 5.41) is 4.68. The quantitative estimate of drug-likeness (QED) is 0.499. The molecule has 2 aliphatic rings. The minimum absolute atomic E-state index is 0.736. The fourth-order valence-electron chi connectivity index (χ4n) is 4.45. The highest BCUT2D eigenvalue weighted by atomic mass is 16.5. The monoisotopic (exact) mass is 375 g/mol. The van der Waals surface area contributed by atoms with E-state index in [0.717, 1.165) is 80.7 Å². The third kappa shape index (κ3) is 2.40. The Morgan fingerprint density at radius 1 is 0.643 bits per heavy atom. The first-order valence-corrected chi connectivity index (χ1v) is 9.85. The SMILES string of the molecule is c1nc2ccc3c(N4CCOCC4)nc(N4CCOCC4)c4ccc(n1)c2c34. The molecular weight excluding hydrogens is 354 g/mol. The highest BCUT2D eigenvalue weighted by molar-refractivity contribution is 6.25. The maximum absolute atomic E-state index is 5.58. The molecule has 0 spiro atoms. The zero-order valence-electron chi connectivity index (χ0n) is 15.6. The largest absolute Gasteiger partial charge is 0.378 e. The minimum atomic E-state index is 0.736. The lowest BCUT2D eigenvalue weighted by molar-refractivity contribution is 0.122. The van der Waals surface area contributed by atoms with Crippen LogP contribution >= 0.6 is 0 Å². The van der Waals surface area contributed by atoms with Crippen LogP contribution in [0.25, 0.3) is 32.6 Å². The van der Waals surface area contributed by atoms with Gasteiger partial charge in [-0.25, -0.2) is 15.0 Å². The Hall–Kier alpha value is -2.77. The van der Waals surface area contributed by atoms with Crippen LogP contribution in [0, 0.1) is 0 Å². The van der Waals surface area contributed by atoms with Crippen molar-refractivity contribution in [2.75, 3.05) is 62.4 Å². The third-order valence-electron chi connectivity index (χ3n) is 5.83. The fourth-order valence-corrected chi connectivity index (χ4v) is 4.45. The standard InChI is InChI=1S/C21H21N5O2/c1-3-16-19-17(23-13-22-16)4-2-15-18(19)14(1)20(25-5-9-27-10-6-25)24-21(15)26-7-11-28-12-8-26/h1-4,13H,5-12H2. The van der Waals surface area contributed by atoms with Crippen molar-refractivity contribution in [3.63, 3.8) is 0 Å². The molecular formula is C21H21N5O2. The highest BCUT2D eigenvalue weighted by Crippen LogP contribution is 2.41. The molecule has 0 atom stereocenters. The Bertz CT molecular complexity index is 1070. The van der Waals surface area contributed by atoms with Crippen LogP contribution < -0.4 is 9.80 Å². The average molecular weight is 375 g/mol. The van der Waals surface area contributed by atoms with Gasteiger partial charge in [-0.15, -0.1) is 0 Å². The molecule has 2 aromatic heterocycles. The molecule has 0 unspecified atom stereocenters. The van der Waals surface area contributed by atoms with E-state index in [0.29, 0.717) is 0 Å². The molecule has 7 nitrogen and oxygen atoms in total. The van der Waals surface area contributed by atoms with Crippen LogP contribution in [0.15, 0.2) is 30.6 Å². The second-order valence-electron chi connectivity index (χ2n) is 7.35. The van der Waals surface area contributed by atoms with E-state index in [1.807, 2.05) is 0 Å². The second-order valence-corrected chi connectivity index (χ2v) is 7.35. The van der Waals surface area contributed by atoms with Crippen LogP contribution in [0.1, 0.15) is 0 Å². The van der Waals surface area contributed by atoms with Crippen molar-refractivity contribution in [3.05, 3.63) is 30.6 Å². The van der Waals surface area contributed by atoms with Crippen LogP contribution in [-0.2, 0) is 9.47 Å². The molecule has 0 saturated carbocycles. The van der Waals surface area contributed by atoms with E-state index in [2.05, 4.69) is 44.0 Å². The van der Waals surface area contributed by atoms with Gasteiger partial charge in [-0.1, -0.05) is 0 Å². The fraction of sp³-hybridized carbons (Fsp3) is 0.381. The zero-order chi connectivity index (χ0) is 18.5. The highest BCUT2D eigenvalue weighted by Gasteiger charge is 2.24. The minimum Gasteiger partial charge on any atom is -0.378 e. The van der Waals surface area contributed by atoms with Crippen molar-refractivity contribution < 1.29 is 9.47 Å². The van der Waals surface area contributed by atoms with Crippen LogP contribution in [0.4, 0.5) is 11.6 Å². The predicted octanol–water partition coefficient (Wildman–Crippen LogP) is 2.44. The number of rotatable bonds is 2. The number of pyridine rings is 1. The molecule has 6 rings (SSSR count). The normalized spacial score (nSPS) is 18.6. The molecule has 0 radical (unpaired) electrons. The molecule has 2 aromatic carbocycles. The molecule has 0 aliphatic carbocycles. The Kier molecular flexibility index (Phi) is 3.70. The summed E-state index contributed by atoms with van der Waals surface area (Å²) in [5.74, 6) is 2.08. The number of morpholine rings is 2. The summed E-state index contributed by atoms with van der Waals surface area (Å²) >= 11 is 0. The lowest BCUT2D eigenvalue weighted by Crippen LogP contribution is -2.39. The van der Waals surface area contributed by atoms with Gasteiger partial charge in [0.25, 0.3) is 0 Å². The summed E-state index contributed by atoms with van der Waals surface area (Å²) in [6, 6.07) is 8.51. The third-order valence-corrected chi connectivity index (χ3v) is 5.83. The van der Waals surface area contributed by atoms with Crippen molar-refractivity contribution in [1.82, 2.24) is 15.0 Å². The number of aromatic nitrogens is 3. The van der Waals surface area contributed by atoms with E-state index in [1.165, 1.54) is 16.2 Å². The summed E-state index contributed by atoms with van der Waals surface area (Å²) in [7, 11) is 0. The van der Waals surface area contributed by atoms with Gasteiger partial charge in [-0.05, 0) is 24.3 Å². The van der Waals surface area contributed by atoms with Crippen LogP contribution in [-0.4, -0.2) is 67.6 Å². The lowest BCUT2D eigenvalue weighted by atomic mass is 9.98. The van der Waals surface area contributed by atoms with Crippen LogP contribution in [0.2, 0.25) is 0 Å². The van der Waals surface area contributed by atoms with Gasteiger partial charge < -0.3 is 19.3 Å². The molecule has 28 heavy (non-hydrogen) atoms. The van der Waals surface area contributed by atoms with E-state index >= 15 is 0 Å².